The Bertz CT molecular complexity index is 1540. The van der Waals surface area contributed by atoms with Gasteiger partial charge in [-0.05, 0) is 54.2 Å². The van der Waals surface area contributed by atoms with Crippen molar-refractivity contribution in [3.05, 3.63) is 82.0 Å². The second kappa shape index (κ2) is 9.73. The van der Waals surface area contributed by atoms with Crippen LogP contribution in [0.2, 0.25) is 0 Å². The molecule has 0 bridgehead atoms. The van der Waals surface area contributed by atoms with Crippen molar-refractivity contribution in [2.24, 2.45) is 16.9 Å². The van der Waals surface area contributed by atoms with Crippen molar-refractivity contribution in [3.8, 4) is 17.0 Å². The summed E-state index contributed by atoms with van der Waals surface area (Å²) in [6.45, 7) is 1.64. The molecule has 2 heterocycles. The Kier molecular flexibility index (Phi) is 6.32. The Balaban J connectivity index is 1.24. The van der Waals surface area contributed by atoms with E-state index in [1.807, 2.05) is 0 Å². The lowest BCUT2D eigenvalue weighted by molar-refractivity contribution is -0.145. The van der Waals surface area contributed by atoms with Crippen molar-refractivity contribution in [1.82, 2.24) is 21.5 Å². The van der Waals surface area contributed by atoms with Gasteiger partial charge in [-0.15, -0.1) is 10.6 Å². The van der Waals surface area contributed by atoms with Crippen molar-refractivity contribution < 1.29 is 36.2 Å². The summed E-state index contributed by atoms with van der Waals surface area (Å²) in [5.41, 5.74) is 7.28. The molecule has 40 heavy (non-hydrogen) atoms. The van der Waals surface area contributed by atoms with Gasteiger partial charge in [0.15, 0.2) is 5.84 Å². The normalized spacial score (nSPS) is 20.6. The molecule has 3 aromatic rings. The molecule has 0 spiro atoms. The first-order valence-electron chi connectivity index (χ1n) is 12.5. The van der Waals surface area contributed by atoms with E-state index in [0.29, 0.717) is 19.1 Å². The largest absolute Gasteiger partial charge is 0.473 e. The number of hydrazine groups is 2. The lowest BCUT2D eigenvalue weighted by atomic mass is 9.95. The van der Waals surface area contributed by atoms with Gasteiger partial charge in [-0.2, -0.15) is 13.2 Å². The molecule has 1 aromatic heterocycles. The number of benzene rings is 2. The van der Waals surface area contributed by atoms with Gasteiger partial charge in [-0.25, -0.2) is 19.3 Å². The summed E-state index contributed by atoms with van der Waals surface area (Å²) in [6.07, 6.45) is -2.69. The average Bonchev–Trinajstić information content (AvgIpc) is 3.23. The number of halogens is 5. The second-order valence-electron chi connectivity index (χ2n) is 9.69. The number of amidine groups is 1. The first kappa shape index (κ1) is 26.0. The number of ether oxygens (including phenoxy) is 2. The highest BCUT2D eigenvalue weighted by Gasteiger charge is 2.60. The lowest BCUT2D eigenvalue weighted by Crippen LogP contribution is -2.35. The van der Waals surface area contributed by atoms with Crippen molar-refractivity contribution in [1.29, 1.82) is 0 Å². The molecule has 13 heteroatoms. The molecule has 1 saturated carbocycles. The second-order valence-corrected chi connectivity index (χ2v) is 9.69. The molecular weight excluding hydrogens is 537 g/mol. The Morgan fingerprint density at radius 2 is 1.93 bits per heavy atom. The molecule has 3 N–H and O–H groups in total. The molecule has 3 unspecified atom stereocenters. The fraction of sp³-hybridized carbons (Fsp3) is 0.296. The molecule has 3 aliphatic rings. The van der Waals surface area contributed by atoms with Crippen LogP contribution in [0.4, 0.5) is 22.0 Å². The molecule has 208 valence electrons. The molecule has 1 fully saturated rings. The van der Waals surface area contributed by atoms with Gasteiger partial charge >= 0.3 is 12.1 Å². The Labute approximate surface area is 224 Å². The summed E-state index contributed by atoms with van der Waals surface area (Å²) in [5, 5.41) is 3.84. The van der Waals surface area contributed by atoms with E-state index in [4.69, 9.17) is 9.47 Å². The van der Waals surface area contributed by atoms with Gasteiger partial charge in [0.2, 0.25) is 5.88 Å². The van der Waals surface area contributed by atoms with Crippen LogP contribution >= 0.6 is 0 Å². The monoisotopic (exact) mass is 559 g/mol. The minimum absolute atomic E-state index is 0.0517. The molecule has 0 radical (unpaired) electrons. The van der Waals surface area contributed by atoms with Crippen molar-refractivity contribution in [2.75, 3.05) is 6.61 Å². The molecule has 2 aliphatic carbocycles. The van der Waals surface area contributed by atoms with Crippen LogP contribution < -0.4 is 21.2 Å². The molecule has 1 aliphatic heterocycles. The van der Waals surface area contributed by atoms with Crippen LogP contribution in [-0.2, 0) is 28.7 Å². The number of hydrogen-bond acceptors (Lipinski definition) is 8. The number of nitrogens with zero attached hydrogens (tertiary/aromatic N) is 2. The number of pyridine rings is 1. The third kappa shape index (κ3) is 4.59. The SMILES string of the molecule is CCOC(=O)C1C2Cc3cc(OCc4cc(-c5ccc(C6=NNNN6)cc5F)c(C(F)(F)F)cc4F)ncc3C21. The molecule has 2 aromatic carbocycles. The maximum atomic E-state index is 15.1. The van der Waals surface area contributed by atoms with Crippen LogP contribution in [0, 0.1) is 23.5 Å². The van der Waals surface area contributed by atoms with E-state index in [9.17, 15) is 22.4 Å². The Morgan fingerprint density at radius 1 is 1.10 bits per heavy atom. The summed E-state index contributed by atoms with van der Waals surface area (Å²) < 4.78 is 82.2. The van der Waals surface area contributed by atoms with E-state index in [1.165, 1.54) is 12.1 Å². The minimum atomic E-state index is -4.94. The number of carbonyl (C=O) groups is 1. The van der Waals surface area contributed by atoms with Crippen LogP contribution in [0.3, 0.4) is 0 Å². The summed E-state index contributed by atoms with van der Waals surface area (Å²) in [4.78, 5) is 16.3. The number of aromatic nitrogens is 1. The van der Waals surface area contributed by atoms with Gasteiger partial charge in [0.1, 0.15) is 18.2 Å². The molecule has 0 saturated heterocycles. The first-order valence-corrected chi connectivity index (χ1v) is 12.5. The van der Waals surface area contributed by atoms with E-state index in [2.05, 4.69) is 26.6 Å². The van der Waals surface area contributed by atoms with Gasteiger partial charge in [-0.3, -0.25) is 10.2 Å². The highest BCUT2D eigenvalue weighted by atomic mass is 19.4. The van der Waals surface area contributed by atoms with Crippen LogP contribution in [0.5, 0.6) is 5.88 Å². The third-order valence-electron chi connectivity index (χ3n) is 7.35. The minimum Gasteiger partial charge on any atom is -0.473 e. The standard InChI is InChI=1S/C27H22F5N5O3/c1-2-39-26(38)24-17-5-13-8-22(33-10-18(13)23(17)24)40-11-14-6-16(19(9-20(14)28)27(30,31)32)15-4-3-12(7-21(15)29)25-34-36-37-35-25/h3-4,6-10,17,23-24,36-37H,2,5,11H2,1H3,(H,34,35). The lowest BCUT2D eigenvalue weighted by Gasteiger charge is -2.17. The van der Waals surface area contributed by atoms with Crippen LogP contribution in [-0.4, -0.2) is 23.4 Å². The number of carbonyl (C=O) groups excluding carboxylic acids is 1. The Hall–Kier alpha value is -4.26. The molecular formula is C27H22F5N5O3. The fourth-order valence-corrected chi connectivity index (χ4v) is 5.46. The van der Waals surface area contributed by atoms with Crippen LogP contribution in [0.1, 0.15) is 40.7 Å². The highest BCUT2D eigenvalue weighted by molar-refractivity contribution is 5.99. The van der Waals surface area contributed by atoms with E-state index in [0.717, 1.165) is 23.3 Å². The third-order valence-corrected chi connectivity index (χ3v) is 7.35. The fourth-order valence-electron chi connectivity index (χ4n) is 5.46. The van der Waals surface area contributed by atoms with Gasteiger partial charge < -0.3 is 9.47 Å². The maximum absolute atomic E-state index is 15.1. The highest BCUT2D eigenvalue weighted by Crippen LogP contribution is 2.61. The van der Waals surface area contributed by atoms with E-state index < -0.39 is 35.5 Å². The smallest absolute Gasteiger partial charge is 0.417 e. The molecule has 3 atom stereocenters. The van der Waals surface area contributed by atoms with Crippen molar-refractivity contribution >= 4 is 11.8 Å². The summed E-state index contributed by atoms with van der Waals surface area (Å²) in [7, 11) is 0. The van der Waals surface area contributed by atoms with Crippen molar-refractivity contribution in [2.45, 2.75) is 32.0 Å². The predicted molar refractivity (Wildman–Crippen MR) is 131 cm³/mol. The van der Waals surface area contributed by atoms with Gasteiger partial charge in [0.25, 0.3) is 0 Å². The van der Waals surface area contributed by atoms with E-state index in [-0.39, 0.29) is 52.1 Å². The number of hydrazone groups is 1. The summed E-state index contributed by atoms with van der Waals surface area (Å²) >= 11 is 0. The van der Waals surface area contributed by atoms with Crippen LogP contribution in [0.25, 0.3) is 11.1 Å². The number of fused-ring (bicyclic) bond motifs is 3. The van der Waals surface area contributed by atoms with E-state index >= 15 is 4.39 Å². The number of hydrogen-bond donors (Lipinski definition) is 3. The summed E-state index contributed by atoms with van der Waals surface area (Å²) in [6, 6.07) is 6.57. The zero-order valence-corrected chi connectivity index (χ0v) is 20.9. The number of nitrogens with one attached hydrogen (secondary N) is 3. The zero-order valence-electron chi connectivity index (χ0n) is 20.9. The number of rotatable bonds is 7. The quantitative estimate of drug-likeness (QED) is 0.293. The number of esters is 1. The topological polar surface area (TPSA) is 96.9 Å². The zero-order chi connectivity index (χ0) is 28.2. The van der Waals surface area contributed by atoms with Gasteiger partial charge in [-0.1, -0.05) is 12.1 Å². The molecule has 6 rings (SSSR count). The predicted octanol–water partition coefficient (Wildman–Crippen LogP) is 4.35. The molecule has 8 nitrogen and oxygen atoms in total. The maximum Gasteiger partial charge on any atom is 0.417 e. The number of alkyl halides is 3. The summed E-state index contributed by atoms with van der Waals surface area (Å²) in [5.74, 6) is -1.89. The van der Waals surface area contributed by atoms with Gasteiger partial charge in [0.05, 0.1) is 18.1 Å². The first-order chi connectivity index (χ1) is 19.2. The van der Waals surface area contributed by atoms with Crippen molar-refractivity contribution in [3.63, 3.8) is 0 Å². The van der Waals surface area contributed by atoms with Crippen LogP contribution in [0.15, 0.2) is 47.7 Å². The average molecular weight is 559 g/mol. The Morgan fingerprint density at radius 3 is 2.62 bits per heavy atom. The molecule has 0 amide bonds. The van der Waals surface area contributed by atoms with E-state index in [1.54, 1.807) is 19.2 Å². The van der Waals surface area contributed by atoms with Gasteiger partial charge in [0, 0.05) is 34.9 Å².